The van der Waals surface area contributed by atoms with Gasteiger partial charge in [0, 0.05) is 10.9 Å². The summed E-state index contributed by atoms with van der Waals surface area (Å²) in [6, 6.07) is 1.99. The Bertz CT molecular complexity index is 497. The molecule has 4 nitrogen and oxygen atoms in total. The van der Waals surface area contributed by atoms with E-state index in [0.29, 0.717) is 0 Å². The Balaban J connectivity index is 2.22. The van der Waals surface area contributed by atoms with Gasteiger partial charge in [0.1, 0.15) is 6.54 Å². The minimum atomic E-state index is -0.944. The zero-order valence-electron chi connectivity index (χ0n) is 12.0. The molecule has 2 atom stereocenters. The Kier molecular flexibility index (Phi) is 4.81. The number of carbonyl (C=O) groups excluding carboxylic acids is 1. The molecule has 1 N–H and O–H groups in total. The molecule has 0 saturated carbocycles. The Morgan fingerprint density at radius 3 is 2.95 bits per heavy atom. The number of fused-ring (bicyclic) bond motifs is 1. The van der Waals surface area contributed by atoms with Crippen molar-refractivity contribution in [3.63, 3.8) is 0 Å². The van der Waals surface area contributed by atoms with E-state index in [0.717, 1.165) is 31.2 Å². The Morgan fingerprint density at radius 2 is 2.30 bits per heavy atom. The topological polar surface area (TPSA) is 57.6 Å². The molecule has 1 aromatic rings. The first-order valence-electron chi connectivity index (χ1n) is 7.13. The van der Waals surface area contributed by atoms with E-state index in [-0.39, 0.29) is 24.4 Å². The van der Waals surface area contributed by atoms with Crippen molar-refractivity contribution in [2.75, 3.05) is 6.54 Å². The van der Waals surface area contributed by atoms with Crippen LogP contribution in [-0.2, 0) is 16.0 Å². The van der Waals surface area contributed by atoms with Crippen LogP contribution in [0.15, 0.2) is 11.4 Å². The number of nitrogens with zero attached hydrogens (tertiary/aromatic N) is 1. The number of aliphatic carboxylic acids is 1. The molecule has 1 aromatic heterocycles. The Hall–Kier alpha value is -1.36. The van der Waals surface area contributed by atoms with E-state index in [2.05, 4.69) is 0 Å². The predicted octanol–water partition coefficient (Wildman–Crippen LogP) is 2.88. The Labute approximate surface area is 123 Å². The van der Waals surface area contributed by atoms with Gasteiger partial charge in [0.25, 0.3) is 0 Å². The zero-order valence-corrected chi connectivity index (χ0v) is 12.8. The number of carboxylic acids is 1. The van der Waals surface area contributed by atoms with Gasteiger partial charge >= 0.3 is 5.97 Å². The number of amides is 1. The van der Waals surface area contributed by atoms with Crippen LogP contribution >= 0.6 is 11.3 Å². The highest BCUT2D eigenvalue weighted by Gasteiger charge is 2.33. The second-order valence-corrected chi connectivity index (χ2v) is 6.36. The summed E-state index contributed by atoms with van der Waals surface area (Å²) >= 11 is 1.70. The smallest absolute Gasteiger partial charge is 0.323 e. The van der Waals surface area contributed by atoms with Crippen LogP contribution in [-0.4, -0.2) is 34.5 Å². The third kappa shape index (κ3) is 3.03. The van der Waals surface area contributed by atoms with E-state index in [4.69, 9.17) is 5.11 Å². The summed E-state index contributed by atoms with van der Waals surface area (Å²) in [5, 5.41) is 11.1. The molecule has 20 heavy (non-hydrogen) atoms. The molecule has 110 valence electrons. The molecule has 2 rings (SSSR count). The van der Waals surface area contributed by atoms with Crippen LogP contribution < -0.4 is 0 Å². The molecule has 0 aliphatic heterocycles. The van der Waals surface area contributed by atoms with Gasteiger partial charge in [0.05, 0.1) is 5.92 Å². The van der Waals surface area contributed by atoms with Gasteiger partial charge < -0.3 is 10.0 Å². The molecule has 0 fully saturated rings. The maximum absolute atomic E-state index is 12.8. The molecule has 0 spiro atoms. The summed E-state index contributed by atoms with van der Waals surface area (Å²) in [5.41, 5.74) is 1.12. The highest BCUT2D eigenvalue weighted by Crippen LogP contribution is 2.36. The highest BCUT2D eigenvalue weighted by atomic mass is 32.1. The second-order valence-electron chi connectivity index (χ2n) is 5.36. The van der Waals surface area contributed by atoms with Gasteiger partial charge in [-0.1, -0.05) is 6.92 Å². The van der Waals surface area contributed by atoms with Gasteiger partial charge in [-0.25, -0.2) is 0 Å². The SMILES string of the molecule is CCC(C)N(CC(=O)O)C(=O)C1CCCc2sccc21. The maximum Gasteiger partial charge on any atom is 0.323 e. The zero-order chi connectivity index (χ0) is 14.7. The molecule has 1 amide bonds. The lowest BCUT2D eigenvalue weighted by Gasteiger charge is -2.32. The predicted molar refractivity (Wildman–Crippen MR) is 79.1 cm³/mol. The van der Waals surface area contributed by atoms with Crippen molar-refractivity contribution >= 4 is 23.2 Å². The number of carbonyl (C=O) groups is 2. The molecule has 1 heterocycles. The first-order chi connectivity index (χ1) is 9.54. The summed E-state index contributed by atoms with van der Waals surface area (Å²) in [4.78, 5) is 26.6. The average Bonchev–Trinajstić information content (AvgIpc) is 2.91. The molecule has 1 aliphatic rings. The van der Waals surface area contributed by atoms with Gasteiger partial charge in [-0.15, -0.1) is 11.3 Å². The number of aryl methyl sites for hydroxylation is 1. The molecular weight excluding hydrogens is 274 g/mol. The van der Waals surface area contributed by atoms with Crippen LogP contribution in [0.5, 0.6) is 0 Å². The molecule has 0 aromatic carbocycles. The second kappa shape index (κ2) is 6.39. The monoisotopic (exact) mass is 295 g/mol. The standard InChI is InChI=1S/C15H21NO3S/c1-3-10(2)16(9-14(17)18)15(19)12-5-4-6-13-11(12)7-8-20-13/h7-8,10,12H,3-6,9H2,1-2H3,(H,17,18). The van der Waals surface area contributed by atoms with E-state index in [1.165, 1.54) is 9.78 Å². The van der Waals surface area contributed by atoms with Crippen molar-refractivity contribution in [2.24, 2.45) is 0 Å². The summed E-state index contributed by atoms with van der Waals surface area (Å²) in [7, 11) is 0. The lowest BCUT2D eigenvalue weighted by molar-refractivity contribution is -0.147. The molecule has 1 aliphatic carbocycles. The van der Waals surface area contributed by atoms with Gasteiger partial charge in [0.15, 0.2) is 0 Å². The maximum atomic E-state index is 12.8. The average molecular weight is 295 g/mol. The Morgan fingerprint density at radius 1 is 1.55 bits per heavy atom. The lowest BCUT2D eigenvalue weighted by atomic mass is 9.86. The number of rotatable bonds is 5. The quantitative estimate of drug-likeness (QED) is 0.908. The summed E-state index contributed by atoms with van der Waals surface area (Å²) in [6.45, 7) is 3.69. The summed E-state index contributed by atoms with van der Waals surface area (Å²) < 4.78 is 0. The van der Waals surface area contributed by atoms with E-state index in [1.807, 2.05) is 25.3 Å². The van der Waals surface area contributed by atoms with Gasteiger partial charge in [-0.2, -0.15) is 0 Å². The van der Waals surface area contributed by atoms with Crippen LogP contribution in [0, 0.1) is 0 Å². The van der Waals surface area contributed by atoms with Crippen LogP contribution in [0.2, 0.25) is 0 Å². The number of hydrogen-bond donors (Lipinski definition) is 1. The van der Waals surface area contributed by atoms with Crippen molar-refractivity contribution in [1.82, 2.24) is 4.90 Å². The van der Waals surface area contributed by atoms with Crippen molar-refractivity contribution in [3.8, 4) is 0 Å². The number of hydrogen-bond acceptors (Lipinski definition) is 3. The lowest BCUT2D eigenvalue weighted by Crippen LogP contribution is -2.44. The number of carboxylic acid groups (broad SMARTS) is 1. The fraction of sp³-hybridized carbons (Fsp3) is 0.600. The van der Waals surface area contributed by atoms with E-state index < -0.39 is 5.97 Å². The third-order valence-electron chi connectivity index (χ3n) is 4.06. The first kappa shape index (κ1) is 15.0. The van der Waals surface area contributed by atoms with Crippen molar-refractivity contribution in [2.45, 2.75) is 51.5 Å². The highest BCUT2D eigenvalue weighted by molar-refractivity contribution is 7.10. The van der Waals surface area contributed by atoms with E-state index >= 15 is 0 Å². The largest absolute Gasteiger partial charge is 0.480 e. The van der Waals surface area contributed by atoms with Gasteiger partial charge in [-0.3, -0.25) is 9.59 Å². The van der Waals surface area contributed by atoms with Gasteiger partial charge in [-0.05, 0) is 49.6 Å². The molecule has 0 saturated heterocycles. The molecule has 2 unspecified atom stereocenters. The first-order valence-corrected chi connectivity index (χ1v) is 8.01. The van der Waals surface area contributed by atoms with Crippen molar-refractivity contribution in [1.29, 1.82) is 0 Å². The molecule has 0 radical (unpaired) electrons. The van der Waals surface area contributed by atoms with Crippen molar-refractivity contribution < 1.29 is 14.7 Å². The normalized spacial score (nSPS) is 19.2. The number of thiophene rings is 1. The van der Waals surface area contributed by atoms with Gasteiger partial charge in [0.2, 0.25) is 5.91 Å². The van der Waals surface area contributed by atoms with Crippen LogP contribution in [0.3, 0.4) is 0 Å². The van der Waals surface area contributed by atoms with Crippen LogP contribution in [0.25, 0.3) is 0 Å². The van der Waals surface area contributed by atoms with Crippen molar-refractivity contribution in [3.05, 3.63) is 21.9 Å². The van der Waals surface area contributed by atoms with E-state index in [9.17, 15) is 9.59 Å². The fourth-order valence-corrected chi connectivity index (χ4v) is 3.75. The van der Waals surface area contributed by atoms with E-state index in [1.54, 1.807) is 11.3 Å². The van der Waals surface area contributed by atoms with Crippen LogP contribution in [0.4, 0.5) is 0 Å². The third-order valence-corrected chi connectivity index (χ3v) is 5.06. The fourth-order valence-electron chi connectivity index (χ4n) is 2.76. The summed E-state index contributed by atoms with van der Waals surface area (Å²) in [5.74, 6) is -1.13. The minimum Gasteiger partial charge on any atom is -0.480 e. The molecular formula is C15H21NO3S. The van der Waals surface area contributed by atoms with Crippen LogP contribution in [0.1, 0.15) is 49.5 Å². The minimum absolute atomic E-state index is 0.0268. The molecule has 5 heteroatoms. The summed E-state index contributed by atoms with van der Waals surface area (Å²) in [6.07, 6.45) is 3.64. The molecule has 0 bridgehead atoms.